The number of rotatable bonds is 8. The fourth-order valence-corrected chi connectivity index (χ4v) is 3.65. The van der Waals surface area contributed by atoms with Gasteiger partial charge in [-0.25, -0.2) is 4.57 Å². The van der Waals surface area contributed by atoms with E-state index in [0.29, 0.717) is 18.8 Å². The van der Waals surface area contributed by atoms with Gasteiger partial charge in [-0.15, -0.1) is 0 Å². The molecule has 0 amide bonds. The number of hydrogen-bond donors (Lipinski definition) is 2. The summed E-state index contributed by atoms with van der Waals surface area (Å²) in [6, 6.07) is 7.54. The van der Waals surface area contributed by atoms with Crippen LogP contribution in [0.5, 0.6) is 5.75 Å². The average molecular weight is 359 g/mol. The number of aliphatic hydroxyl groups excluding tert-OH is 1. The number of methoxy groups -OCH3 is 1. The number of esters is 1. The normalized spacial score (nSPS) is 24.1. The van der Waals surface area contributed by atoms with Crippen LogP contribution in [0.1, 0.15) is 13.3 Å². The highest BCUT2D eigenvalue weighted by Gasteiger charge is 2.35. The van der Waals surface area contributed by atoms with E-state index < -0.39 is 32.0 Å². The van der Waals surface area contributed by atoms with E-state index in [-0.39, 0.29) is 6.61 Å². The minimum absolute atomic E-state index is 0.133. The van der Waals surface area contributed by atoms with E-state index in [0.717, 1.165) is 0 Å². The lowest BCUT2D eigenvalue weighted by molar-refractivity contribution is -0.142. The monoisotopic (exact) mass is 359 g/mol. The van der Waals surface area contributed by atoms with Crippen LogP contribution < -0.4 is 9.61 Å². The lowest BCUT2D eigenvalue weighted by atomic mass is 10.2. The third-order valence-electron chi connectivity index (χ3n) is 3.46. The van der Waals surface area contributed by atoms with Crippen molar-refractivity contribution >= 4 is 13.7 Å². The molecule has 1 saturated heterocycles. The Morgan fingerprint density at radius 1 is 1.46 bits per heavy atom. The van der Waals surface area contributed by atoms with Crippen molar-refractivity contribution in [2.75, 3.05) is 20.3 Å². The molecule has 1 aromatic carbocycles. The van der Waals surface area contributed by atoms with E-state index in [9.17, 15) is 14.5 Å². The summed E-state index contributed by atoms with van der Waals surface area (Å²) in [6.07, 6.45) is -0.787. The number of benzene rings is 1. The summed E-state index contributed by atoms with van der Waals surface area (Å²) < 4.78 is 33.7. The number of ether oxygens (including phenoxy) is 2. The van der Waals surface area contributed by atoms with Crippen molar-refractivity contribution < 1.29 is 33.0 Å². The van der Waals surface area contributed by atoms with Crippen molar-refractivity contribution in [1.29, 1.82) is 0 Å². The number of nitrogens with one attached hydrogen (secondary N) is 1. The lowest BCUT2D eigenvalue weighted by Crippen LogP contribution is -2.36. The third-order valence-corrected chi connectivity index (χ3v) is 5.10. The molecule has 9 heteroatoms. The number of hydrogen-bond acceptors (Lipinski definition) is 7. The number of carbonyl (C=O) groups is 1. The second-order valence-corrected chi connectivity index (χ2v) is 7.03. The predicted molar refractivity (Wildman–Crippen MR) is 85.6 cm³/mol. The summed E-state index contributed by atoms with van der Waals surface area (Å²) >= 11 is 0. The average Bonchev–Trinajstić information content (AvgIpc) is 2.98. The van der Waals surface area contributed by atoms with Gasteiger partial charge in [-0.2, -0.15) is 5.09 Å². The summed E-state index contributed by atoms with van der Waals surface area (Å²) in [5.41, 5.74) is 0. The van der Waals surface area contributed by atoms with E-state index in [1.165, 1.54) is 14.0 Å². The Hall–Kier alpha value is -1.44. The lowest BCUT2D eigenvalue weighted by Gasteiger charge is -2.24. The zero-order chi connectivity index (χ0) is 17.6. The quantitative estimate of drug-likeness (QED) is 0.532. The summed E-state index contributed by atoms with van der Waals surface area (Å²) in [4.78, 5) is 11.6. The Labute approximate surface area is 140 Å². The van der Waals surface area contributed by atoms with Crippen LogP contribution in [-0.4, -0.2) is 49.6 Å². The molecule has 1 aliphatic heterocycles. The van der Waals surface area contributed by atoms with Crippen LogP contribution in [-0.2, 0) is 23.4 Å². The second-order valence-electron chi connectivity index (χ2n) is 5.34. The van der Waals surface area contributed by atoms with Crippen LogP contribution in [0.3, 0.4) is 0 Å². The fourth-order valence-electron chi connectivity index (χ4n) is 2.14. The molecular weight excluding hydrogens is 337 g/mol. The topological polar surface area (TPSA) is 103 Å². The van der Waals surface area contributed by atoms with Crippen LogP contribution in [0.2, 0.25) is 0 Å². The van der Waals surface area contributed by atoms with Crippen LogP contribution in [0.15, 0.2) is 30.3 Å². The molecule has 2 rings (SSSR count). The maximum atomic E-state index is 13.0. The van der Waals surface area contributed by atoms with Gasteiger partial charge in [0, 0.05) is 6.61 Å². The first-order valence-electron chi connectivity index (χ1n) is 7.58. The molecule has 0 spiro atoms. The first-order chi connectivity index (χ1) is 11.4. The molecule has 24 heavy (non-hydrogen) atoms. The van der Waals surface area contributed by atoms with Crippen molar-refractivity contribution in [2.45, 2.75) is 31.6 Å². The highest BCUT2D eigenvalue weighted by Crippen LogP contribution is 2.45. The van der Waals surface area contributed by atoms with E-state index in [1.54, 1.807) is 30.3 Å². The van der Waals surface area contributed by atoms with Crippen LogP contribution in [0.25, 0.3) is 0 Å². The molecule has 8 nitrogen and oxygen atoms in total. The molecule has 0 saturated carbocycles. The summed E-state index contributed by atoms with van der Waals surface area (Å²) in [7, 11) is -2.66. The van der Waals surface area contributed by atoms with Crippen molar-refractivity contribution in [3.05, 3.63) is 30.3 Å². The van der Waals surface area contributed by atoms with Gasteiger partial charge in [0.15, 0.2) is 0 Å². The van der Waals surface area contributed by atoms with E-state index in [4.69, 9.17) is 13.8 Å². The zero-order valence-corrected chi connectivity index (χ0v) is 14.5. The predicted octanol–water partition coefficient (Wildman–Crippen LogP) is 1.49. The van der Waals surface area contributed by atoms with Crippen LogP contribution >= 0.6 is 7.75 Å². The largest absolute Gasteiger partial charge is 0.468 e. The molecule has 0 radical (unpaired) electrons. The molecule has 1 aromatic rings. The minimum atomic E-state index is -3.89. The van der Waals surface area contributed by atoms with Crippen molar-refractivity contribution in [1.82, 2.24) is 5.09 Å². The van der Waals surface area contributed by atoms with Gasteiger partial charge < -0.3 is 19.1 Å². The number of para-hydroxylation sites is 1. The highest BCUT2D eigenvalue weighted by molar-refractivity contribution is 7.52. The number of carbonyl (C=O) groups excluding carboxylic acids is 1. The van der Waals surface area contributed by atoms with Crippen LogP contribution in [0, 0.1) is 0 Å². The summed E-state index contributed by atoms with van der Waals surface area (Å²) in [5, 5.41) is 12.3. The summed E-state index contributed by atoms with van der Waals surface area (Å²) in [5.74, 6) is -0.286. The highest BCUT2D eigenvalue weighted by atomic mass is 31.2. The fraction of sp³-hybridized carbons (Fsp3) is 0.533. The van der Waals surface area contributed by atoms with E-state index in [2.05, 4.69) is 9.82 Å². The van der Waals surface area contributed by atoms with Crippen molar-refractivity contribution in [2.24, 2.45) is 0 Å². The third kappa shape index (κ3) is 5.29. The Bertz CT molecular complexity index is 582. The van der Waals surface area contributed by atoms with Crippen LogP contribution in [0.4, 0.5) is 0 Å². The Morgan fingerprint density at radius 2 is 2.17 bits per heavy atom. The Morgan fingerprint density at radius 3 is 2.75 bits per heavy atom. The van der Waals surface area contributed by atoms with Gasteiger partial charge >= 0.3 is 13.7 Å². The molecule has 2 unspecified atom stereocenters. The Kier molecular flexibility index (Phi) is 6.77. The molecule has 134 valence electrons. The van der Waals surface area contributed by atoms with Crippen molar-refractivity contribution in [3.8, 4) is 5.75 Å². The van der Waals surface area contributed by atoms with Gasteiger partial charge in [0.25, 0.3) is 0 Å². The van der Waals surface area contributed by atoms with Gasteiger partial charge in [0.05, 0.1) is 19.8 Å². The first-order valence-corrected chi connectivity index (χ1v) is 9.12. The molecule has 1 aliphatic rings. The molecular formula is C15H22NO7P. The smallest absolute Gasteiger partial charge is 0.459 e. The molecule has 0 bridgehead atoms. The van der Waals surface area contributed by atoms with Crippen molar-refractivity contribution in [3.63, 3.8) is 0 Å². The molecule has 0 aliphatic carbocycles. The molecule has 4 atom stereocenters. The van der Waals surface area contributed by atoms with Gasteiger partial charge in [-0.1, -0.05) is 18.2 Å². The zero-order valence-electron chi connectivity index (χ0n) is 13.6. The van der Waals surface area contributed by atoms with Gasteiger partial charge in [0.2, 0.25) is 0 Å². The first kappa shape index (κ1) is 18.9. The summed E-state index contributed by atoms with van der Waals surface area (Å²) in [6.45, 7) is 1.76. The molecule has 1 fully saturated rings. The Balaban J connectivity index is 2.07. The molecule has 0 aromatic heterocycles. The van der Waals surface area contributed by atoms with Gasteiger partial charge in [-0.3, -0.25) is 9.32 Å². The molecule has 1 heterocycles. The second kappa shape index (κ2) is 8.60. The van der Waals surface area contributed by atoms with Gasteiger partial charge in [-0.05, 0) is 25.5 Å². The maximum Gasteiger partial charge on any atom is 0.459 e. The van der Waals surface area contributed by atoms with E-state index in [1.807, 2.05) is 0 Å². The van der Waals surface area contributed by atoms with E-state index >= 15 is 0 Å². The molecule has 2 N–H and O–H groups in total. The number of aliphatic hydroxyl groups is 1. The van der Waals surface area contributed by atoms with Gasteiger partial charge in [0.1, 0.15) is 17.9 Å². The maximum absolute atomic E-state index is 13.0. The SMILES string of the molecule is COC(=O)[C@H](C)NP(=O)(OC[C@H]1OCCC1O)Oc1ccccc1. The minimum Gasteiger partial charge on any atom is -0.468 e. The standard InChI is InChI=1S/C15H22NO7P/c1-11(15(18)20-2)16-24(19,23-12-6-4-3-5-7-12)22-10-14-13(17)8-9-21-14/h3-7,11,13-14,17H,8-10H2,1-2H3,(H,16,19)/t11-,13?,14+,24?/m0/s1.